The maximum atomic E-state index is 13.9. The van der Waals surface area contributed by atoms with E-state index in [2.05, 4.69) is 0 Å². The summed E-state index contributed by atoms with van der Waals surface area (Å²) in [6.07, 6.45) is 0. The van der Waals surface area contributed by atoms with Crippen molar-refractivity contribution in [1.29, 1.82) is 0 Å². The van der Waals surface area contributed by atoms with Gasteiger partial charge in [-0.25, -0.2) is 8.78 Å². The molecule has 0 heterocycles. The predicted molar refractivity (Wildman–Crippen MR) is 96.5 cm³/mol. The minimum absolute atomic E-state index is 0. The smallest absolute Gasteiger partial charge is 0.289 e. The van der Waals surface area contributed by atoms with Crippen LogP contribution in [-0.2, 0) is 6.61 Å². The Kier molecular flexibility index (Phi) is 8.08. The number of hydrogen-bond acceptors (Lipinski definition) is 5. The summed E-state index contributed by atoms with van der Waals surface area (Å²) in [6, 6.07) is 10.3. The second-order valence-electron chi connectivity index (χ2n) is 5.42. The third-order valence-electron chi connectivity index (χ3n) is 3.75. The van der Waals surface area contributed by atoms with Crippen LogP contribution < -0.4 is 19.9 Å². The first-order chi connectivity index (χ1) is 11.9. The van der Waals surface area contributed by atoms with Gasteiger partial charge in [0.1, 0.15) is 25.0 Å². The zero-order chi connectivity index (χ0) is 18.4. The molecule has 0 aliphatic rings. The van der Waals surface area contributed by atoms with Gasteiger partial charge in [0.25, 0.3) is 5.92 Å². The molecule has 0 unspecified atom stereocenters. The number of hydrogen-bond donors (Lipinski definition) is 2. The average Bonchev–Trinajstić information content (AvgIpc) is 2.65. The Labute approximate surface area is 157 Å². The molecule has 0 bridgehead atoms. The summed E-state index contributed by atoms with van der Waals surface area (Å²) in [5.41, 5.74) is 6.57. The van der Waals surface area contributed by atoms with E-state index >= 15 is 0 Å². The first-order valence-electron chi connectivity index (χ1n) is 7.59. The second-order valence-corrected chi connectivity index (χ2v) is 5.42. The lowest BCUT2D eigenvalue weighted by Gasteiger charge is -2.25. The Hall–Kier alpha value is -2.09. The summed E-state index contributed by atoms with van der Waals surface area (Å²) in [6.45, 7) is -1.21. The third kappa shape index (κ3) is 4.97. The standard InChI is InChI=1S/C18H21F2NO4.ClH/c1-23-15-8-13(17(21)18(19,20)11-22)14(9-16(15)24-2)25-10-12-6-4-3-5-7-12;/h3-9,17,22H,10-11,21H2,1-2H3;1H/t17-;/m1./s1. The Morgan fingerprint density at radius 1 is 1.04 bits per heavy atom. The maximum Gasteiger partial charge on any atom is 0.289 e. The molecule has 144 valence electrons. The van der Waals surface area contributed by atoms with Crippen molar-refractivity contribution in [2.75, 3.05) is 20.8 Å². The molecule has 0 spiro atoms. The van der Waals surface area contributed by atoms with Crippen LogP contribution >= 0.6 is 12.4 Å². The molecule has 0 radical (unpaired) electrons. The zero-order valence-corrected chi connectivity index (χ0v) is 15.3. The van der Waals surface area contributed by atoms with Crippen LogP contribution in [0.3, 0.4) is 0 Å². The Bertz CT molecular complexity index is 701. The minimum atomic E-state index is -3.51. The van der Waals surface area contributed by atoms with Crippen molar-refractivity contribution in [3.63, 3.8) is 0 Å². The molecule has 0 aromatic heterocycles. The number of ether oxygens (including phenoxy) is 3. The average molecular weight is 390 g/mol. The van der Waals surface area contributed by atoms with Crippen LogP contribution in [0.1, 0.15) is 17.2 Å². The molecular formula is C18H22ClF2NO4. The van der Waals surface area contributed by atoms with E-state index < -0.39 is 18.6 Å². The molecule has 0 fully saturated rings. The van der Waals surface area contributed by atoms with Gasteiger partial charge in [0.05, 0.1) is 14.2 Å². The Balaban J connectivity index is 0.00000338. The number of nitrogens with two attached hydrogens (primary N) is 1. The molecular weight excluding hydrogens is 368 g/mol. The van der Waals surface area contributed by atoms with E-state index in [-0.39, 0.29) is 36.1 Å². The van der Waals surface area contributed by atoms with E-state index in [9.17, 15) is 8.78 Å². The van der Waals surface area contributed by atoms with Crippen LogP contribution in [-0.4, -0.2) is 31.9 Å². The molecule has 2 aromatic rings. The van der Waals surface area contributed by atoms with E-state index in [1.807, 2.05) is 30.3 Å². The van der Waals surface area contributed by atoms with Gasteiger partial charge in [0.15, 0.2) is 11.5 Å². The molecule has 26 heavy (non-hydrogen) atoms. The van der Waals surface area contributed by atoms with Crippen molar-refractivity contribution < 1.29 is 28.1 Å². The van der Waals surface area contributed by atoms with Gasteiger partial charge in [-0.3, -0.25) is 0 Å². The van der Waals surface area contributed by atoms with Crippen molar-refractivity contribution in [2.45, 2.75) is 18.6 Å². The van der Waals surface area contributed by atoms with Crippen LogP contribution in [0.4, 0.5) is 8.78 Å². The third-order valence-corrected chi connectivity index (χ3v) is 3.75. The lowest BCUT2D eigenvalue weighted by atomic mass is 10.00. The van der Waals surface area contributed by atoms with Crippen LogP contribution in [0.2, 0.25) is 0 Å². The van der Waals surface area contributed by atoms with E-state index in [0.29, 0.717) is 5.75 Å². The number of methoxy groups -OCH3 is 2. The fourth-order valence-corrected chi connectivity index (χ4v) is 2.31. The highest BCUT2D eigenvalue weighted by Gasteiger charge is 2.39. The second kappa shape index (κ2) is 9.56. The molecule has 2 rings (SSSR count). The fraction of sp³-hybridized carbons (Fsp3) is 0.333. The van der Waals surface area contributed by atoms with Crippen molar-refractivity contribution in [1.82, 2.24) is 0 Å². The highest BCUT2D eigenvalue weighted by Crippen LogP contribution is 2.41. The van der Waals surface area contributed by atoms with Gasteiger partial charge in [-0.15, -0.1) is 12.4 Å². The highest BCUT2D eigenvalue weighted by atomic mass is 35.5. The first kappa shape index (κ1) is 22.0. The van der Waals surface area contributed by atoms with Gasteiger partial charge in [0.2, 0.25) is 0 Å². The molecule has 1 atom stereocenters. The lowest BCUT2D eigenvalue weighted by Crippen LogP contribution is -2.36. The lowest BCUT2D eigenvalue weighted by molar-refractivity contribution is -0.0717. The van der Waals surface area contributed by atoms with Crippen LogP contribution in [0.5, 0.6) is 17.2 Å². The monoisotopic (exact) mass is 389 g/mol. The molecule has 5 nitrogen and oxygen atoms in total. The normalized spacial score (nSPS) is 12.1. The summed E-state index contributed by atoms with van der Waals surface area (Å²) in [5, 5.41) is 8.93. The summed E-state index contributed by atoms with van der Waals surface area (Å²) >= 11 is 0. The van der Waals surface area contributed by atoms with Gasteiger partial charge >= 0.3 is 0 Å². The SMILES string of the molecule is COc1cc(OCc2ccccc2)c([C@@H](N)C(F)(F)CO)cc1OC.Cl. The molecule has 2 aromatic carbocycles. The summed E-state index contributed by atoms with van der Waals surface area (Å²) in [4.78, 5) is 0. The molecule has 0 aliphatic carbocycles. The molecule has 0 amide bonds. The Morgan fingerprint density at radius 2 is 1.62 bits per heavy atom. The number of halogens is 3. The quantitative estimate of drug-likeness (QED) is 0.724. The van der Waals surface area contributed by atoms with Crippen LogP contribution in [0.25, 0.3) is 0 Å². The van der Waals surface area contributed by atoms with E-state index in [1.165, 1.54) is 26.4 Å². The van der Waals surface area contributed by atoms with E-state index in [0.717, 1.165) is 5.56 Å². The van der Waals surface area contributed by atoms with Gasteiger partial charge in [-0.05, 0) is 11.6 Å². The first-order valence-corrected chi connectivity index (χ1v) is 7.59. The summed E-state index contributed by atoms with van der Waals surface area (Å²) in [5.74, 6) is -2.80. The number of benzene rings is 2. The van der Waals surface area contributed by atoms with Crippen LogP contribution in [0, 0.1) is 0 Å². The fourth-order valence-electron chi connectivity index (χ4n) is 2.31. The number of aliphatic hydroxyl groups is 1. The molecule has 3 N–H and O–H groups in total. The van der Waals surface area contributed by atoms with Crippen molar-refractivity contribution in [2.24, 2.45) is 5.73 Å². The highest BCUT2D eigenvalue weighted by molar-refractivity contribution is 5.85. The molecule has 0 saturated carbocycles. The van der Waals surface area contributed by atoms with Gasteiger partial charge < -0.3 is 25.1 Å². The van der Waals surface area contributed by atoms with Crippen molar-refractivity contribution >= 4 is 12.4 Å². The van der Waals surface area contributed by atoms with Crippen LogP contribution in [0.15, 0.2) is 42.5 Å². The van der Waals surface area contributed by atoms with Crippen molar-refractivity contribution in [3.05, 3.63) is 53.6 Å². The summed E-state index contributed by atoms with van der Waals surface area (Å²) in [7, 11) is 2.82. The maximum absolute atomic E-state index is 13.9. The van der Waals surface area contributed by atoms with Gasteiger partial charge in [-0.1, -0.05) is 30.3 Å². The van der Waals surface area contributed by atoms with Gasteiger partial charge in [0, 0.05) is 11.6 Å². The number of aliphatic hydroxyl groups excluding tert-OH is 1. The largest absolute Gasteiger partial charge is 0.493 e. The number of alkyl halides is 2. The Morgan fingerprint density at radius 3 is 2.15 bits per heavy atom. The predicted octanol–water partition coefficient (Wildman–Crippen LogP) is 3.33. The van der Waals surface area contributed by atoms with E-state index in [1.54, 1.807) is 0 Å². The molecule has 0 saturated heterocycles. The minimum Gasteiger partial charge on any atom is -0.493 e. The molecule has 0 aliphatic heterocycles. The molecule has 8 heteroatoms. The van der Waals surface area contributed by atoms with Crippen molar-refractivity contribution in [3.8, 4) is 17.2 Å². The van der Waals surface area contributed by atoms with Gasteiger partial charge in [-0.2, -0.15) is 0 Å². The number of rotatable bonds is 8. The van der Waals surface area contributed by atoms with E-state index in [4.69, 9.17) is 25.1 Å². The topological polar surface area (TPSA) is 73.9 Å². The summed E-state index contributed by atoms with van der Waals surface area (Å²) < 4.78 is 43.8. The zero-order valence-electron chi connectivity index (χ0n) is 14.4.